The molecule has 6 heteroatoms. The lowest BCUT2D eigenvalue weighted by molar-refractivity contribution is -0.140. The molecule has 19 heavy (non-hydrogen) atoms. The largest absolute Gasteiger partial charge is 0.469 e. The van der Waals surface area contributed by atoms with Gasteiger partial charge in [-0.1, -0.05) is 0 Å². The van der Waals surface area contributed by atoms with Crippen molar-refractivity contribution in [3.63, 3.8) is 0 Å². The molecule has 0 heterocycles. The molecule has 0 spiro atoms. The molecule has 0 atom stereocenters. The fraction of sp³-hybridized carbons (Fsp3) is 0.385. The van der Waals surface area contributed by atoms with Gasteiger partial charge in [-0.3, -0.25) is 4.79 Å². The van der Waals surface area contributed by atoms with Gasteiger partial charge in [0.2, 0.25) is 0 Å². The summed E-state index contributed by atoms with van der Waals surface area (Å²) < 4.78 is 31.6. The Labute approximate surface area is 110 Å². The molecule has 0 saturated carbocycles. The van der Waals surface area contributed by atoms with E-state index in [1.54, 1.807) is 13.1 Å². The van der Waals surface area contributed by atoms with Crippen LogP contribution in [-0.4, -0.2) is 26.7 Å². The number of nitrogens with zero attached hydrogens (tertiary/aromatic N) is 2. The molecule has 0 aliphatic carbocycles. The Morgan fingerprint density at radius 2 is 2.11 bits per heavy atom. The Hall–Kier alpha value is -2.16. The third-order valence-electron chi connectivity index (χ3n) is 2.70. The van der Waals surface area contributed by atoms with E-state index >= 15 is 0 Å². The number of carbonyl (C=O) groups excluding carboxylic acids is 1. The van der Waals surface area contributed by atoms with Crippen molar-refractivity contribution in [1.82, 2.24) is 0 Å². The first-order valence-corrected chi connectivity index (χ1v) is 5.67. The van der Waals surface area contributed by atoms with E-state index in [0.717, 1.165) is 0 Å². The van der Waals surface area contributed by atoms with Crippen molar-refractivity contribution >= 4 is 11.7 Å². The average molecular weight is 268 g/mol. The van der Waals surface area contributed by atoms with Crippen LogP contribution in [0.2, 0.25) is 0 Å². The first-order chi connectivity index (χ1) is 9.01. The van der Waals surface area contributed by atoms with Crippen LogP contribution in [0.4, 0.5) is 14.5 Å². The lowest BCUT2D eigenvalue weighted by Crippen LogP contribution is -2.21. The predicted molar refractivity (Wildman–Crippen MR) is 65.6 cm³/mol. The normalized spacial score (nSPS) is 9.84. The van der Waals surface area contributed by atoms with E-state index in [4.69, 9.17) is 5.26 Å². The molecule has 1 rings (SSSR count). The van der Waals surface area contributed by atoms with E-state index in [-0.39, 0.29) is 23.6 Å². The molecule has 0 radical (unpaired) electrons. The predicted octanol–water partition coefficient (Wildman–Crippen LogP) is 2.23. The van der Waals surface area contributed by atoms with Gasteiger partial charge in [-0.2, -0.15) is 5.26 Å². The Balaban J connectivity index is 2.73. The van der Waals surface area contributed by atoms with Crippen molar-refractivity contribution in [2.24, 2.45) is 0 Å². The number of methoxy groups -OCH3 is 1. The second kappa shape index (κ2) is 6.69. The molecule has 0 aliphatic rings. The van der Waals surface area contributed by atoms with Crippen molar-refractivity contribution in [3.8, 4) is 6.07 Å². The highest BCUT2D eigenvalue weighted by Crippen LogP contribution is 2.23. The summed E-state index contributed by atoms with van der Waals surface area (Å²) >= 11 is 0. The van der Waals surface area contributed by atoms with Gasteiger partial charge >= 0.3 is 5.97 Å². The van der Waals surface area contributed by atoms with Gasteiger partial charge in [-0.15, -0.1) is 0 Å². The molecule has 0 unspecified atom stereocenters. The summed E-state index contributed by atoms with van der Waals surface area (Å²) in [7, 11) is 2.88. The molecule has 0 N–H and O–H groups in total. The number of halogens is 2. The standard InChI is InChI=1S/C13H14F2N2O2/c1-17(7-3-4-11(18)19-2)10-6-5-9(8-16)12(14)13(10)15/h5-6H,3-4,7H2,1-2H3. The fourth-order valence-corrected chi connectivity index (χ4v) is 1.60. The Kier molecular flexibility index (Phi) is 5.24. The van der Waals surface area contributed by atoms with E-state index in [1.807, 2.05) is 0 Å². The summed E-state index contributed by atoms with van der Waals surface area (Å²) in [6.45, 7) is 0.372. The van der Waals surface area contributed by atoms with Gasteiger partial charge in [0.1, 0.15) is 6.07 Å². The minimum Gasteiger partial charge on any atom is -0.469 e. The molecule has 0 aliphatic heterocycles. The van der Waals surface area contributed by atoms with Crippen molar-refractivity contribution in [2.45, 2.75) is 12.8 Å². The quantitative estimate of drug-likeness (QED) is 0.768. The van der Waals surface area contributed by atoms with Crippen LogP contribution in [0, 0.1) is 23.0 Å². The number of anilines is 1. The molecule has 1 aromatic carbocycles. The molecule has 4 nitrogen and oxygen atoms in total. The number of hydrogen-bond donors (Lipinski definition) is 0. The number of nitriles is 1. The topological polar surface area (TPSA) is 53.3 Å². The van der Waals surface area contributed by atoms with Gasteiger partial charge in [0.15, 0.2) is 11.6 Å². The molecule has 0 bridgehead atoms. The van der Waals surface area contributed by atoms with Gasteiger partial charge in [0, 0.05) is 20.0 Å². The smallest absolute Gasteiger partial charge is 0.305 e. The zero-order chi connectivity index (χ0) is 14.4. The van der Waals surface area contributed by atoms with Gasteiger partial charge < -0.3 is 9.64 Å². The second-order valence-corrected chi connectivity index (χ2v) is 3.97. The van der Waals surface area contributed by atoms with Crippen LogP contribution in [0.3, 0.4) is 0 Å². The number of hydrogen-bond acceptors (Lipinski definition) is 4. The van der Waals surface area contributed by atoms with Crippen molar-refractivity contribution in [3.05, 3.63) is 29.3 Å². The molecule has 102 valence electrons. The molecule has 0 fully saturated rings. The number of carbonyl (C=O) groups is 1. The molecule has 0 aromatic heterocycles. The zero-order valence-corrected chi connectivity index (χ0v) is 10.7. The van der Waals surface area contributed by atoms with Crippen LogP contribution in [-0.2, 0) is 9.53 Å². The Morgan fingerprint density at radius 1 is 1.42 bits per heavy atom. The zero-order valence-electron chi connectivity index (χ0n) is 10.7. The summed E-state index contributed by atoms with van der Waals surface area (Å²) in [6.07, 6.45) is 0.672. The second-order valence-electron chi connectivity index (χ2n) is 3.97. The first-order valence-electron chi connectivity index (χ1n) is 5.67. The number of rotatable bonds is 5. The van der Waals surface area contributed by atoms with E-state index in [2.05, 4.69) is 4.74 Å². The van der Waals surface area contributed by atoms with E-state index < -0.39 is 11.6 Å². The van der Waals surface area contributed by atoms with Gasteiger partial charge in [0.05, 0.1) is 18.4 Å². The summed E-state index contributed by atoms with van der Waals surface area (Å²) in [4.78, 5) is 12.4. The highest BCUT2D eigenvalue weighted by molar-refractivity contribution is 5.69. The lowest BCUT2D eigenvalue weighted by atomic mass is 10.1. The summed E-state index contributed by atoms with van der Waals surface area (Å²) in [5, 5.41) is 8.58. The van der Waals surface area contributed by atoms with Crippen molar-refractivity contribution in [2.75, 3.05) is 25.6 Å². The van der Waals surface area contributed by atoms with Crippen LogP contribution in [0.1, 0.15) is 18.4 Å². The maximum atomic E-state index is 13.7. The van der Waals surface area contributed by atoms with Gasteiger partial charge in [-0.05, 0) is 18.6 Å². The van der Waals surface area contributed by atoms with Crippen LogP contribution in [0.25, 0.3) is 0 Å². The van der Waals surface area contributed by atoms with Crippen LogP contribution < -0.4 is 4.90 Å². The number of benzene rings is 1. The van der Waals surface area contributed by atoms with E-state index in [9.17, 15) is 13.6 Å². The third-order valence-corrected chi connectivity index (χ3v) is 2.70. The first kappa shape index (κ1) is 14.9. The van der Waals surface area contributed by atoms with Crippen molar-refractivity contribution < 1.29 is 18.3 Å². The Morgan fingerprint density at radius 3 is 2.68 bits per heavy atom. The molecule has 1 aromatic rings. The van der Waals surface area contributed by atoms with E-state index in [0.29, 0.717) is 13.0 Å². The summed E-state index contributed by atoms with van der Waals surface area (Å²) in [5.41, 5.74) is -0.273. The molecular formula is C13H14F2N2O2. The fourth-order valence-electron chi connectivity index (χ4n) is 1.60. The highest BCUT2D eigenvalue weighted by atomic mass is 19.2. The maximum absolute atomic E-state index is 13.7. The van der Waals surface area contributed by atoms with Crippen LogP contribution in [0.15, 0.2) is 12.1 Å². The third kappa shape index (κ3) is 3.65. The number of esters is 1. The van der Waals surface area contributed by atoms with Crippen molar-refractivity contribution in [1.29, 1.82) is 5.26 Å². The maximum Gasteiger partial charge on any atom is 0.305 e. The average Bonchev–Trinajstić information content (AvgIpc) is 2.41. The molecule has 0 amide bonds. The highest BCUT2D eigenvalue weighted by Gasteiger charge is 2.16. The summed E-state index contributed by atoms with van der Waals surface area (Å²) in [6, 6.07) is 4.14. The minimum atomic E-state index is -1.15. The van der Waals surface area contributed by atoms with Crippen LogP contribution >= 0.6 is 0 Å². The minimum absolute atomic E-state index is 0.0568. The van der Waals surface area contributed by atoms with Gasteiger partial charge in [0.25, 0.3) is 0 Å². The van der Waals surface area contributed by atoms with E-state index in [1.165, 1.54) is 24.1 Å². The molecule has 0 saturated heterocycles. The van der Waals surface area contributed by atoms with Crippen LogP contribution in [0.5, 0.6) is 0 Å². The lowest BCUT2D eigenvalue weighted by Gasteiger charge is -2.20. The Bertz CT molecular complexity index is 512. The monoisotopic (exact) mass is 268 g/mol. The molecular weight excluding hydrogens is 254 g/mol. The van der Waals surface area contributed by atoms with Gasteiger partial charge in [-0.25, -0.2) is 8.78 Å². The summed E-state index contributed by atoms with van der Waals surface area (Å²) in [5.74, 6) is -2.56. The SMILES string of the molecule is COC(=O)CCCN(C)c1ccc(C#N)c(F)c1F. The number of ether oxygens (including phenoxy) is 1.